The SMILES string of the molecule is CCOC(=O)c1cnc(Cl)cc1C1CC1. The zero-order valence-corrected chi connectivity index (χ0v) is 9.25. The molecule has 0 atom stereocenters. The normalized spacial score (nSPS) is 15.1. The van der Waals surface area contributed by atoms with E-state index in [4.69, 9.17) is 16.3 Å². The summed E-state index contributed by atoms with van der Waals surface area (Å²) in [7, 11) is 0. The molecule has 1 aliphatic carbocycles. The molecule has 15 heavy (non-hydrogen) atoms. The maximum atomic E-state index is 11.6. The Morgan fingerprint density at radius 1 is 1.67 bits per heavy atom. The fraction of sp³-hybridized carbons (Fsp3) is 0.455. The summed E-state index contributed by atoms with van der Waals surface area (Å²) in [4.78, 5) is 15.5. The molecular weight excluding hydrogens is 214 g/mol. The third-order valence-electron chi connectivity index (χ3n) is 2.42. The van der Waals surface area contributed by atoms with Gasteiger partial charge in [-0.2, -0.15) is 0 Å². The van der Waals surface area contributed by atoms with Crippen LogP contribution in [0.1, 0.15) is 41.6 Å². The van der Waals surface area contributed by atoms with Crippen LogP contribution in [0.15, 0.2) is 12.3 Å². The first-order valence-corrected chi connectivity index (χ1v) is 5.42. The molecule has 80 valence electrons. The number of esters is 1. The summed E-state index contributed by atoms with van der Waals surface area (Å²) in [6.07, 6.45) is 3.74. The Balaban J connectivity index is 2.32. The molecule has 0 bridgehead atoms. The molecule has 0 aliphatic heterocycles. The van der Waals surface area contributed by atoms with Crippen LogP contribution in [-0.4, -0.2) is 17.6 Å². The Bertz CT molecular complexity index is 388. The first-order chi connectivity index (χ1) is 7.22. The Morgan fingerprint density at radius 3 is 3.00 bits per heavy atom. The van der Waals surface area contributed by atoms with E-state index in [2.05, 4.69) is 4.98 Å². The van der Waals surface area contributed by atoms with Gasteiger partial charge in [0.1, 0.15) is 5.15 Å². The second kappa shape index (κ2) is 4.19. The molecule has 1 aliphatic rings. The lowest BCUT2D eigenvalue weighted by Crippen LogP contribution is -2.08. The summed E-state index contributed by atoms with van der Waals surface area (Å²) >= 11 is 5.81. The molecule has 1 saturated carbocycles. The number of carbonyl (C=O) groups is 1. The van der Waals surface area contributed by atoms with Gasteiger partial charge in [-0.3, -0.25) is 0 Å². The predicted molar refractivity (Wildman–Crippen MR) is 57.2 cm³/mol. The van der Waals surface area contributed by atoms with Crippen molar-refractivity contribution in [3.63, 3.8) is 0 Å². The van der Waals surface area contributed by atoms with Crippen molar-refractivity contribution in [2.45, 2.75) is 25.7 Å². The first-order valence-electron chi connectivity index (χ1n) is 5.05. The van der Waals surface area contributed by atoms with Gasteiger partial charge < -0.3 is 4.74 Å². The van der Waals surface area contributed by atoms with E-state index < -0.39 is 0 Å². The van der Waals surface area contributed by atoms with Crippen molar-refractivity contribution in [2.75, 3.05) is 6.61 Å². The van der Waals surface area contributed by atoms with Crippen LogP contribution in [-0.2, 0) is 4.74 Å². The minimum atomic E-state index is -0.302. The third-order valence-corrected chi connectivity index (χ3v) is 2.62. The van der Waals surface area contributed by atoms with Crippen molar-refractivity contribution in [3.05, 3.63) is 28.5 Å². The Kier molecular flexibility index (Phi) is 2.91. The van der Waals surface area contributed by atoms with Crippen LogP contribution < -0.4 is 0 Å². The number of pyridine rings is 1. The number of hydrogen-bond donors (Lipinski definition) is 0. The molecule has 3 nitrogen and oxygen atoms in total. The Hall–Kier alpha value is -1.09. The number of rotatable bonds is 3. The molecule has 0 saturated heterocycles. The maximum absolute atomic E-state index is 11.6. The number of ether oxygens (including phenoxy) is 1. The van der Waals surface area contributed by atoms with Crippen LogP contribution in [0.5, 0.6) is 0 Å². The van der Waals surface area contributed by atoms with E-state index in [-0.39, 0.29) is 5.97 Å². The van der Waals surface area contributed by atoms with Gasteiger partial charge in [0.2, 0.25) is 0 Å². The standard InChI is InChI=1S/C11H12ClNO2/c1-2-15-11(14)9-6-13-10(12)5-8(9)7-3-4-7/h5-7H,2-4H2,1H3. The van der Waals surface area contributed by atoms with E-state index >= 15 is 0 Å². The fourth-order valence-corrected chi connectivity index (χ4v) is 1.72. The highest BCUT2D eigenvalue weighted by atomic mass is 35.5. The van der Waals surface area contributed by atoms with Crippen LogP contribution in [0.25, 0.3) is 0 Å². The zero-order valence-electron chi connectivity index (χ0n) is 8.50. The van der Waals surface area contributed by atoms with Gasteiger partial charge in [-0.05, 0) is 37.3 Å². The molecule has 1 fully saturated rings. The molecule has 0 radical (unpaired) electrons. The van der Waals surface area contributed by atoms with E-state index in [1.807, 2.05) is 0 Å². The highest BCUT2D eigenvalue weighted by Gasteiger charge is 2.29. The predicted octanol–water partition coefficient (Wildman–Crippen LogP) is 2.79. The lowest BCUT2D eigenvalue weighted by Gasteiger charge is -2.07. The fourth-order valence-electron chi connectivity index (χ4n) is 1.56. The number of aromatic nitrogens is 1. The van der Waals surface area contributed by atoms with Gasteiger partial charge in [0.25, 0.3) is 0 Å². The molecule has 0 aromatic carbocycles. The number of nitrogens with zero attached hydrogens (tertiary/aromatic N) is 1. The molecule has 0 spiro atoms. The molecule has 1 aromatic heterocycles. The largest absolute Gasteiger partial charge is 0.462 e. The van der Waals surface area contributed by atoms with Gasteiger partial charge in [-0.25, -0.2) is 9.78 Å². The minimum Gasteiger partial charge on any atom is -0.462 e. The summed E-state index contributed by atoms with van der Waals surface area (Å²) < 4.78 is 4.96. The van der Waals surface area contributed by atoms with Crippen LogP contribution >= 0.6 is 11.6 Å². The molecule has 0 amide bonds. The van der Waals surface area contributed by atoms with E-state index in [0.717, 1.165) is 18.4 Å². The lowest BCUT2D eigenvalue weighted by molar-refractivity contribution is 0.0524. The Morgan fingerprint density at radius 2 is 2.40 bits per heavy atom. The highest BCUT2D eigenvalue weighted by molar-refractivity contribution is 6.29. The summed E-state index contributed by atoms with van der Waals surface area (Å²) in [5.41, 5.74) is 1.54. The third kappa shape index (κ3) is 2.29. The molecular formula is C11H12ClNO2. The monoisotopic (exact) mass is 225 g/mol. The van der Waals surface area contributed by atoms with Crippen molar-refractivity contribution < 1.29 is 9.53 Å². The molecule has 1 heterocycles. The molecule has 2 rings (SSSR count). The second-order valence-corrected chi connectivity index (χ2v) is 3.98. The summed E-state index contributed by atoms with van der Waals surface area (Å²) in [5.74, 6) is 0.161. The Labute approximate surface area is 93.4 Å². The van der Waals surface area contributed by atoms with E-state index in [9.17, 15) is 4.79 Å². The topological polar surface area (TPSA) is 39.2 Å². The molecule has 4 heteroatoms. The van der Waals surface area contributed by atoms with Crippen LogP contribution in [0.4, 0.5) is 0 Å². The van der Waals surface area contributed by atoms with Gasteiger partial charge in [0, 0.05) is 6.20 Å². The molecule has 1 aromatic rings. The van der Waals surface area contributed by atoms with Gasteiger partial charge in [0.15, 0.2) is 0 Å². The second-order valence-electron chi connectivity index (χ2n) is 3.59. The van der Waals surface area contributed by atoms with Gasteiger partial charge >= 0.3 is 5.97 Å². The van der Waals surface area contributed by atoms with Crippen molar-refractivity contribution in [3.8, 4) is 0 Å². The van der Waals surface area contributed by atoms with Crippen LogP contribution in [0, 0.1) is 0 Å². The van der Waals surface area contributed by atoms with Gasteiger partial charge in [-0.1, -0.05) is 11.6 Å². The van der Waals surface area contributed by atoms with Gasteiger partial charge in [-0.15, -0.1) is 0 Å². The number of halogens is 1. The average Bonchev–Trinajstić information content (AvgIpc) is 3.01. The van der Waals surface area contributed by atoms with Crippen LogP contribution in [0.2, 0.25) is 5.15 Å². The van der Waals surface area contributed by atoms with Crippen LogP contribution in [0.3, 0.4) is 0 Å². The minimum absolute atomic E-state index is 0.302. The number of carbonyl (C=O) groups excluding carboxylic acids is 1. The van der Waals surface area contributed by atoms with Crippen molar-refractivity contribution in [1.82, 2.24) is 4.98 Å². The van der Waals surface area contributed by atoms with Gasteiger partial charge in [0.05, 0.1) is 12.2 Å². The summed E-state index contributed by atoms with van der Waals surface area (Å²) in [5, 5.41) is 0.435. The maximum Gasteiger partial charge on any atom is 0.339 e. The van der Waals surface area contributed by atoms with Crippen molar-refractivity contribution in [2.24, 2.45) is 0 Å². The summed E-state index contributed by atoms with van der Waals surface area (Å²) in [6.45, 7) is 2.17. The lowest BCUT2D eigenvalue weighted by atomic mass is 10.1. The average molecular weight is 226 g/mol. The summed E-state index contributed by atoms with van der Waals surface area (Å²) in [6, 6.07) is 1.77. The zero-order chi connectivity index (χ0) is 10.8. The molecule has 0 unspecified atom stereocenters. The highest BCUT2D eigenvalue weighted by Crippen LogP contribution is 2.42. The quantitative estimate of drug-likeness (QED) is 0.587. The van der Waals surface area contributed by atoms with Crippen molar-refractivity contribution in [1.29, 1.82) is 0 Å². The molecule has 0 N–H and O–H groups in total. The van der Waals surface area contributed by atoms with Crippen molar-refractivity contribution >= 4 is 17.6 Å². The van der Waals surface area contributed by atoms with E-state index in [1.54, 1.807) is 13.0 Å². The van der Waals surface area contributed by atoms with E-state index in [1.165, 1.54) is 6.20 Å². The smallest absolute Gasteiger partial charge is 0.339 e. The first kappa shape index (κ1) is 10.4. The number of hydrogen-bond acceptors (Lipinski definition) is 3. The van der Waals surface area contributed by atoms with E-state index in [0.29, 0.717) is 23.2 Å².